The molecule has 0 radical (unpaired) electrons. The highest BCUT2D eigenvalue weighted by atomic mass is 32.2. The molecule has 0 bridgehead atoms. The summed E-state index contributed by atoms with van der Waals surface area (Å²) in [5, 5.41) is 8.83. The maximum Gasteiger partial charge on any atom is 0.438 e. The first-order valence-electron chi connectivity index (χ1n) is 17.8. The molecule has 4 aliphatic rings. The van der Waals surface area contributed by atoms with Crippen LogP contribution in [0.5, 0.6) is 5.88 Å². The number of allylic oxidation sites excluding steroid dienone is 1. The molecule has 3 N–H and O–H groups in total. The van der Waals surface area contributed by atoms with Crippen LogP contribution < -0.4 is 20.1 Å². The average Bonchev–Trinajstić information content (AvgIpc) is 4.01. The first kappa shape index (κ1) is 37.3. The normalized spacial score (nSPS) is 27.1. The van der Waals surface area contributed by atoms with Gasteiger partial charge in [0.2, 0.25) is 33.4 Å². The third kappa shape index (κ3) is 7.76. The van der Waals surface area contributed by atoms with E-state index in [9.17, 15) is 40.8 Å². The summed E-state index contributed by atoms with van der Waals surface area (Å²) in [5.74, 6) is -4.47. The fraction of sp³-hybridized carbons (Fsp3) is 0.514. The standard InChI is InChI=1S/C35H39F3N8O7S/c1-45-16-15-25(43-45)29(47)40-26-12-6-4-2-3-5-9-20-18-34(20,33(50)44-54(51,52)22-13-14-22)42-30(48)27-17-21(19-46(27)32(26)49)53-31-28(35(36,37)38)39-23-10-7-8-11-24(23)41-31/h5,7-11,15-16,20-22,26-27H,2-4,6,12-14,17-19H2,1H3,(H,40,47)(H,42,48)(H,44,50)/b9-5-/t20-,21-,26+,27+,34-/m1/s1. The van der Waals surface area contributed by atoms with Crippen molar-refractivity contribution in [3.8, 4) is 5.88 Å². The number of hydrogen-bond acceptors (Lipinski definition) is 10. The second kappa shape index (κ2) is 14.3. The second-order valence-electron chi connectivity index (χ2n) is 14.3. The Bertz CT molecular complexity index is 2120. The molecule has 54 heavy (non-hydrogen) atoms. The van der Waals surface area contributed by atoms with Gasteiger partial charge >= 0.3 is 6.18 Å². The molecule has 1 saturated heterocycles. The predicted octanol–water partition coefficient (Wildman–Crippen LogP) is 2.53. The van der Waals surface area contributed by atoms with Crippen molar-refractivity contribution in [3.63, 3.8) is 0 Å². The van der Waals surface area contributed by atoms with Gasteiger partial charge < -0.3 is 20.3 Å². The van der Waals surface area contributed by atoms with Crippen molar-refractivity contribution in [1.82, 2.24) is 40.0 Å². The minimum atomic E-state index is -4.96. The summed E-state index contributed by atoms with van der Waals surface area (Å²) in [6, 6.07) is 4.85. The Kier molecular flexibility index (Phi) is 9.86. The summed E-state index contributed by atoms with van der Waals surface area (Å²) in [7, 11) is -2.36. The summed E-state index contributed by atoms with van der Waals surface area (Å²) in [4.78, 5) is 64.5. The van der Waals surface area contributed by atoms with E-state index in [0.717, 1.165) is 4.90 Å². The van der Waals surface area contributed by atoms with E-state index in [1.165, 1.54) is 28.9 Å². The van der Waals surface area contributed by atoms with E-state index in [2.05, 4.69) is 30.4 Å². The van der Waals surface area contributed by atoms with Crippen LogP contribution in [0, 0.1) is 5.92 Å². The molecular weight excluding hydrogens is 733 g/mol. The minimum absolute atomic E-state index is 0.0161. The molecule has 2 aromatic heterocycles. The van der Waals surface area contributed by atoms with Crippen molar-refractivity contribution in [3.05, 3.63) is 60.1 Å². The van der Waals surface area contributed by atoms with E-state index < -0.39 is 86.3 Å². The van der Waals surface area contributed by atoms with Gasteiger partial charge in [0.25, 0.3) is 11.8 Å². The number of hydrogen-bond donors (Lipinski definition) is 3. The summed E-state index contributed by atoms with van der Waals surface area (Å²) >= 11 is 0. The van der Waals surface area contributed by atoms with E-state index in [4.69, 9.17) is 4.74 Å². The number of aromatic nitrogens is 4. The van der Waals surface area contributed by atoms with Crippen LogP contribution in [0.1, 0.15) is 74.0 Å². The summed E-state index contributed by atoms with van der Waals surface area (Å²) in [6.45, 7) is -0.378. The van der Waals surface area contributed by atoms with Crippen LogP contribution >= 0.6 is 0 Å². The van der Waals surface area contributed by atoms with Gasteiger partial charge in [0, 0.05) is 25.6 Å². The van der Waals surface area contributed by atoms with E-state index in [1.807, 2.05) is 6.08 Å². The number of amides is 4. The zero-order chi connectivity index (χ0) is 38.4. The summed E-state index contributed by atoms with van der Waals surface area (Å²) < 4.78 is 77.7. The Labute approximate surface area is 308 Å². The van der Waals surface area contributed by atoms with Crippen LogP contribution in [-0.2, 0) is 37.6 Å². The van der Waals surface area contributed by atoms with E-state index in [-0.39, 0.29) is 42.5 Å². The van der Waals surface area contributed by atoms with Crippen molar-refractivity contribution < 1.29 is 45.5 Å². The zero-order valence-electron chi connectivity index (χ0n) is 29.2. The van der Waals surface area contributed by atoms with Gasteiger partial charge in [-0.05, 0) is 56.7 Å². The number of sulfonamides is 1. The highest BCUT2D eigenvalue weighted by molar-refractivity contribution is 7.91. The Morgan fingerprint density at radius 1 is 1.04 bits per heavy atom. The largest absolute Gasteiger partial charge is 0.471 e. The molecule has 4 heterocycles. The van der Waals surface area contributed by atoms with Gasteiger partial charge in [0.1, 0.15) is 29.4 Å². The number of para-hydroxylation sites is 2. The summed E-state index contributed by atoms with van der Waals surface area (Å²) in [6.07, 6.45) is 2.27. The minimum Gasteiger partial charge on any atom is -0.471 e. The highest BCUT2D eigenvalue weighted by Gasteiger charge is 2.62. The maximum atomic E-state index is 14.4. The van der Waals surface area contributed by atoms with Gasteiger partial charge in [-0.3, -0.25) is 28.6 Å². The van der Waals surface area contributed by atoms with Gasteiger partial charge in [0.05, 0.1) is 22.8 Å². The Hall–Kier alpha value is -5.07. The number of nitrogens with zero attached hydrogens (tertiary/aromatic N) is 5. The average molecular weight is 773 g/mol. The lowest BCUT2D eigenvalue weighted by Crippen LogP contribution is -2.58. The maximum absolute atomic E-state index is 14.4. The number of benzene rings is 1. The molecule has 1 aromatic carbocycles. The van der Waals surface area contributed by atoms with E-state index in [1.54, 1.807) is 25.4 Å². The van der Waals surface area contributed by atoms with Crippen LogP contribution in [0.25, 0.3) is 11.0 Å². The third-order valence-corrected chi connectivity index (χ3v) is 12.0. The zero-order valence-corrected chi connectivity index (χ0v) is 30.0. The van der Waals surface area contributed by atoms with Gasteiger partial charge in [-0.1, -0.05) is 37.1 Å². The van der Waals surface area contributed by atoms with Crippen molar-refractivity contribution >= 4 is 44.7 Å². The number of ether oxygens (including phenoxy) is 1. The quantitative estimate of drug-likeness (QED) is 0.301. The molecule has 2 aliphatic heterocycles. The van der Waals surface area contributed by atoms with Crippen molar-refractivity contribution in [2.75, 3.05) is 6.54 Å². The molecule has 288 valence electrons. The molecule has 3 aromatic rings. The molecule has 3 fully saturated rings. The van der Waals surface area contributed by atoms with Crippen LogP contribution in [0.3, 0.4) is 0 Å². The lowest BCUT2D eigenvalue weighted by Gasteiger charge is -2.29. The fourth-order valence-corrected chi connectivity index (χ4v) is 8.39. The Balaban J connectivity index is 1.22. The molecule has 0 unspecified atom stereocenters. The van der Waals surface area contributed by atoms with Crippen LogP contribution in [-0.4, -0.2) is 92.2 Å². The van der Waals surface area contributed by atoms with E-state index >= 15 is 0 Å². The molecule has 5 atom stereocenters. The SMILES string of the molecule is Cn1ccc(C(=O)N[C@H]2CCCCC/C=C\[C@@H]3C[C@@]3(C(=O)NS(=O)(=O)C3CC3)NC(=O)[C@@H]3C[C@@H](Oc4nc5ccccc5nc4C(F)(F)F)CN3C2=O)n1. The fourth-order valence-electron chi connectivity index (χ4n) is 7.02. The molecule has 0 spiro atoms. The highest BCUT2D eigenvalue weighted by Crippen LogP contribution is 2.46. The number of fused-ring (bicyclic) bond motifs is 3. The van der Waals surface area contributed by atoms with Crippen LogP contribution in [0.15, 0.2) is 48.7 Å². The summed E-state index contributed by atoms with van der Waals surface area (Å²) in [5.41, 5.74) is -2.88. The monoisotopic (exact) mass is 772 g/mol. The molecule has 19 heteroatoms. The molecule has 4 amide bonds. The van der Waals surface area contributed by atoms with Crippen molar-refractivity contribution in [2.45, 2.75) is 92.9 Å². The van der Waals surface area contributed by atoms with Crippen LogP contribution in [0.4, 0.5) is 13.2 Å². The number of rotatable bonds is 7. The Morgan fingerprint density at radius 2 is 1.78 bits per heavy atom. The van der Waals surface area contributed by atoms with Gasteiger partial charge in [-0.2, -0.15) is 18.3 Å². The van der Waals surface area contributed by atoms with Gasteiger partial charge in [0.15, 0.2) is 0 Å². The van der Waals surface area contributed by atoms with Crippen LogP contribution in [0.2, 0.25) is 0 Å². The topological polar surface area (TPSA) is 195 Å². The van der Waals surface area contributed by atoms with Crippen molar-refractivity contribution in [2.24, 2.45) is 13.0 Å². The number of aryl methyl sites for hydroxylation is 1. The van der Waals surface area contributed by atoms with E-state index in [0.29, 0.717) is 38.5 Å². The predicted molar refractivity (Wildman–Crippen MR) is 185 cm³/mol. The van der Waals surface area contributed by atoms with Gasteiger partial charge in [-0.25, -0.2) is 18.4 Å². The molecule has 7 rings (SSSR count). The number of carbonyl (C=O) groups is 4. The smallest absolute Gasteiger partial charge is 0.438 e. The third-order valence-electron chi connectivity index (χ3n) is 10.2. The van der Waals surface area contributed by atoms with Gasteiger partial charge in [-0.15, -0.1) is 0 Å². The number of carbonyl (C=O) groups excluding carboxylic acids is 4. The first-order valence-corrected chi connectivity index (χ1v) is 19.4. The first-order chi connectivity index (χ1) is 25.6. The molecule has 15 nitrogen and oxygen atoms in total. The molecule has 2 aliphatic carbocycles. The number of alkyl halides is 3. The molecule has 2 saturated carbocycles. The lowest BCUT2D eigenvalue weighted by molar-refractivity contribution is -0.143. The van der Waals surface area contributed by atoms with Crippen molar-refractivity contribution in [1.29, 1.82) is 0 Å². The molecular formula is C35H39F3N8O7S. The lowest BCUT2D eigenvalue weighted by atomic mass is 10.0. The Morgan fingerprint density at radius 3 is 2.46 bits per heavy atom. The number of halogens is 3. The number of nitrogens with one attached hydrogen (secondary N) is 3. The second-order valence-corrected chi connectivity index (χ2v) is 16.2.